The fourth-order valence-corrected chi connectivity index (χ4v) is 2.53. The van der Waals surface area contributed by atoms with Crippen LogP contribution in [0.4, 0.5) is 4.39 Å². The first kappa shape index (κ1) is 14.7. The maximum atomic E-state index is 13.2. The molecule has 112 valence electrons. The van der Waals surface area contributed by atoms with Crippen LogP contribution in [0, 0.1) is 17.0 Å². The van der Waals surface area contributed by atoms with Crippen molar-refractivity contribution >= 4 is 15.7 Å². The quantitative estimate of drug-likeness (QED) is 0.617. The van der Waals surface area contributed by atoms with Gasteiger partial charge in [-0.15, -0.1) is 0 Å². The topological polar surface area (TPSA) is 17.3 Å². The van der Waals surface area contributed by atoms with Crippen LogP contribution in [-0.2, 0) is 0 Å². The number of fused-ring (bicyclic) bond motifs is 1. The Kier molecular flexibility index (Phi) is 3.67. The number of aromatic nitrogens is 2. The second-order valence-electron chi connectivity index (χ2n) is 5.81. The van der Waals surface area contributed by atoms with Crippen LogP contribution in [0.2, 0.25) is 0 Å². The Morgan fingerprint density at radius 2 is 1.77 bits per heavy atom. The minimum atomic E-state index is -0.937. The highest BCUT2D eigenvalue weighted by Crippen LogP contribution is 2.33. The third-order valence-electron chi connectivity index (χ3n) is 3.12. The number of imidazole rings is 1. The van der Waals surface area contributed by atoms with Gasteiger partial charge in [-0.25, -0.2) is 9.37 Å². The molecular formula is C18H17FN2S. The molecule has 2 heterocycles. The van der Waals surface area contributed by atoms with E-state index in [1.165, 1.54) is 12.1 Å². The molecule has 0 saturated carbocycles. The molecule has 0 saturated heterocycles. The average molecular weight is 312 g/mol. The molecule has 0 spiro atoms. The molecule has 2 aromatic heterocycles. The maximum Gasteiger partial charge on any atom is 0.138 e. The van der Waals surface area contributed by atoms with Crippen LogP contribution >= 0.6 is 10.0 Å². The summed E-state index contributed by atoms with van der Waals surface area (Å²) in [4.78, 5) is 4.66. The van der Waals surface area contributed by atoms with Gasteiger partial charge in [0.1, 0.15) is 22.9 Å². The van der Waals surface area contributed by atoms with Crippen molar-refractivity contribution in [3.05, 3.63) is 60.2 Å². The Morgan fingerprint density at radius 3 is 2.45 bits per heavy atom. The van der Waals surface area contributed by atoms with Crippen LogP contribution in [0.25, 0.3) is 16.9 Å². The second-order valence-corrected chi connectivity index (χ2v) is 9.69. The summed E-state index contributed by atoms with van der Waals surface area (Å²) in [5.41, 5.74) is 3.36. The molecule has 0 radical (unpaired) electrons. The van der Waals surface area contributed by atoms with Gasteiger partial charge in [-0.3, -0.25) is 4.40 Å². The van der Waals surface area contributed by atoms with Gasteiger partial charge in [-0.2, -0.15) is 10.0 Å². The highest BCUT2D eigenvalue weighted by molar-refractivity contribution is 8.35. The Bertz CT molecular complexity index is 877. The van der Waals surface area contributed by atoms with E-state index in [0.717, 1.165) is 22.6 Å². The number of benzene rings is 1. The first-order chi connectivity index (χ1) is 10.4. The first-order valence-electron chi connectivity index (χ1n) is 6.88. The van der Waals surface area contributed by atoms with Crippen molar-refractivity contribution in [2.75, 3.05) is 18.8 Å². The fourth-order valence-electron chi connectivity index (χ4n) is 2.13. The van der Waals surface area contributed by atoms with Crippen molar-refractivity contribution < 1.29 is 4.39 Å². The SMILES string of the molecule is CS(C)(C)C#Cc1c(-c2ccc(F)cc2)nc2ccccn12. The summed E-state index contributed by atoms with van der Waals surface area (Å²) >= 11 is 0. The Morgan fingerprint density at radius 1 is 1.05 bits per heavy atom. The first-order valence-corrected chi connectivity index (χ1v) is 9.74. The predicted octanol–water partition coefficient (Wildman–Crippen LogP) is 4.14. The number of halogens is 1. The molecule has 0 atom stereocenters. The van der Waals surface area contributed by atoms with E-state index in [1.807, 2.05) is 28.8 Å². The van der Waals surface area contributed by atoms with Gasteiger partial charge in [0.25, 0.3) is 0 Å². The summed E-state index contributed by atoms with van der Waals surface area (Å²) in [6.07, 6.45) is 8.42. The summed E-state index contributed by atoms with van der Waals surface area (Å²) in [5, 5.41) is 3.34. The summed E-state index contributed by atoms with van der Waals surface area (Å²) in [6.45, 7) is 0. The molecule has 0 amide bonds. The number of hydrogen-bond donors (Lipinski definition) is 0. The van der Waals surface area contributed by atoms with E-state index in [1.54, 1.807) is 12.1 Å². The number of hydrogen-bond acceptors (Lipinski definition) is 1. The van der Waals surface area contributed by atoms with Gasteiger partial charge in [0, 0.05) is 11.8 Å². The van der Waals surface area contributed by atoms with Gasteiger partial charge in [0.05, 0.1) is 0 Å². The third kappa shape index (κ3) is 3.00. The molecule has 22 heavy (non-hydrogen) atoms. The summed E-state index contributed by atoms with van der Waals surface area (Å²) in [5.74, 6) is 3.03. The van der Waals surface area contributed by atoms with Crippen molar-refractivity contribution in [2.45, 2.75) is 0 Å². The Labute approximate surface area is 131 Å². The fraction of sp³-hybridized carbons (Fsp3) is 0.167. The van der Waals surface area contributed by atoms with E-state index in [-0.39, 0.29) is 5.82 Å². The van der Waals surface area contributed by atoms with Crippen LogP contribution in [0.1, 0.15) is 5.69 Å². The molecule has 3 rings (SSSR count). The highest BCUT2D eigenvalue weighted by Gasteiger charge is 2.12. The molecule has 3 aromatic rings. The molecule has 2 nitrogen and oxygen atoms in total. The Balaban J connectivity index is 2.24. The van der Waals surface area contributed by atoms with Crippen LogP contribution in [0.3, 0.4) is 0 Å². The van der Waals surface area contributed by atoms with Crippen LogP contribution in [0.5, 0.6) is 0 Å². The number of rotatable bonds is 1. The number of pyridine rings is 1. The lowest BCUT2D eigenvalue weighted by molar-refractivity contribution is 0.628. The van der Waals surface area contributed by atoms with E-state index in [4.69, 9.17) is 0 Å². The van der Waals surface area contributed by atoms with Gasteiger partial charge in [0.2, 0.25) is 0 Å². The monoisotopic (exact) mass is 312 g/mol. The molecule has 4 heteroatoms. The van der Waals surface area contributed by atoms with Gasteiger partial charge < -0.3 is 0 Å². The maximum absolute atomic E-state index is 13.2. The van der Waals surface area contributed by atoms with E-state index in [2.05, 4.69) is 34.9 Å². The summed E-state index contributed by atoms with van der Waals surface area (Å²) in [7, 11) is -0.937. The zero-order valence-corrected chi connectivity index (χ0v) is 13.6. The zero-order valence-electron chi connectivity index (χ0n) is 12.8. The zero-order chi connectivity index (χ0) is 15.7. The van der Waals surface area contributed by atoms with Gasteiger partial charge >= 0.3 is 0 Å². The van der Waals surface area contributed by atoms with E-state index >= 15 is 0 Å². The van der Waals surface area contributed by atoms with Crippen LogP contribution in [-0.4, -0.2) is 28.2 Å². The molecule has 0 bridgehead atoms. The molecule has 0 aliphatic carbocycles. The van der Waals surface area contributed by atoms with Crippen LogP contribution in [0.15, 0.2) is 48.7 Å². The Hall–Kier alpha value is -2.25. The van der Waals surface area contributed by atoms with E-state index in [0.29, 0.717) is 0 Å². The molecule has 0 N–H and O–H groups in total. The highest BCUT2D eigenvalue weighted by atomic mass is 32.3. The molecule has 0 unspecified atom stereocenters. The smallest absolute Gasteiger partial charge is 0.138 e. The van der Waals surface area contributed by atoms with Crippen LogP contribution < -0.4 is 0 Å². The molecule has 0 aliphatic rings. The third-order valence-corrected chi connectivity index (χ3v) is 3.84. The second kappa shape index (κ2) is 5.51. The largest absolute Gasteiger partial charge is 0.292 e. The minimum absolute atomic E-state index is 0.251. The normalized spacial score (nSPS) is 12.0. The van der Waals surface area contributed by atoms with Crippen molar-refractivity contribution in [3.8, 4) is 22.4 Å². The van der Waals surface area contributed by atoms with Gasteiger partial charge in [-0.1, -0.05) is 6.07 Å². The van der Waals surface area contributed by atoms with E-state index in [9.17, 15) is 4.39 Å². The summed E-state index contributed by atoms with van der Waals surface area (Å²) in [6, 6.07) is 12.2. The van der Waals surface area contributed by atoms with Crippen molar-refractivity contribution in [2.24, 2.45) is 0 Å². The lowest BCUT2D eigenvalue weighted by Gasteiger charge is -2.14. The molecule has 0 fully saturated rings. The summed E-state index contributed by atoms with van der Waals surface area (Å²) < 4.78 is 15.1. The standard InChI is InChI=1S/C18H17FN2S/c1-22(2,3)13-11-16-18(14-7-9-15(19)10-8-14)20-17-6-4-5-12-21(16)17/h4-10,12H,1-3H3. The van der Waals surface area contributed by atoms with Gasteiger partial charge in [-0.05, 0) is 66.3 Å². The van der Waals surface area contributed by atoms with Crippen molar-refractivity contribution in [1.82, 2.24) is 9.38 Å². The minimum Gasteiger partial charge on any atom is -0.292 e. The number of nitrogens with zero attached hydrogens (tertiary/aromatic N) is 2. The average Bonchev–Trinajstić information content (AvgIpc) is 2.84. The van der Waals surface area contributed by atoms with Gasteiger partial charge in [0.15, 0.2) is 0 Å². The van der Waals surface area contributed by atoms with Crippen molar-refractivity contribution in [3.63, 3.8) is 0 Å². The molecular weight excluding hydrogens is 295 g/mol. The predicted molar refractivity (Wildman–Crippen MR) is 92.8 cm³/mol. The molecule has 1 aromatic carbocycles. The van der Waals surface area contributed by atoms with Crippen molar-refractivity contribution in [1.29, 1.82) is 0 Å². The molecule has 0 aliphatic heterocycles. The van der Waals surface area contributed by atoms with E-state index < -0.39 is 10.0 Å². The lowest BCUT2D eigenvalue weighted by Crippen LogP contribution is -1.91. The lowest BCUT2D eigenvalue weighted by atomic mass is 10.1.